The van der Waals surface area contributed by atoms with Crippen LogP contribution in [0.3, 0.4) is 0 Å². The van der Waals surface area contributed by atoms with Gasteiger partial charge < -0.3 is 5.11 Å². The minimum atomic E-state index is -1.78. The number of carbonyl (C=O) groups is 2. The highest BCUT2D eigenvalue weighted by Crippen LogP contribution is 2.42. The highest BCUT2D eigenvalue weighted by Gasteiger charge is 2.66. The predicted molar refractivity (Wildman–Crippen MR) is 70.0 cm³/mol. The van der Waals surface area contributed by atoms with Gasteiger partial charge in [0.1, 0.15) is 5.66 Å². The van der Waals surface area contributed by atoms with Crippen LogP contribution in [0.1, 0.15) is 15.9 Å². The lowest BCUT2D eigenvalue weighted by atomic mass is 9.83. The standard InChI is InChI=1S/C13H17N3O3/c1-14-12(11(18)19)10(17)8-6-4-5-7-9(8)13(12,15-2)16-3/h4-7,14-16H,1-3H3,(H,18,19). The number of nitrogens with one attached hydrogen (secondary N) is 3. The molecule has 0 radical (unpaired) electrons. The fourth-order valence-electron chi connectivity index (χ4n) is 3.02. The van der Waals surface area contributed by atoms with E-state index in [9.17, 15) is 14.7 Å². The normalized spacial score (nSPS) is 24.3. The Morgan fingerprint density at radius 2 is 1.68 bits per heavy atom. The van der Waals surface area contributed by atoms with E-state index in [2.05, 4.69) is 16.0 Å². The minimum Gasteiger partial charge on any atom is -0.479 e. The lowest BCUT2D eigenvalue weighted by Crippen LogP contribution is -2.74. The topological polar surface area (TPSA) is 90.5 Å². The Morgan fingerprint density at radius 3 is 2.16 bits per heavy atom. The highest BCUT2D eigenvalue weighted by molar-refractivity contribution is 6.21. The van der Waals surface area contributed by atoms with Crippen LogP contribution in [0.2, 0.25) is 0 Å². The Kier molecular flexibility index (Phi) is 3.17. The molecule has 2 rings (SSSR count). The van der Waals surface area contributed by atoms with Crippen LogP contribution in [0.4, 0.5) is 0 Å². The fraction of sp³-hybridized carbons (Fsp3) is 0.385. The highest BCUT2D eigenvalue weighted by atomic mass is 16.4. The number of carboxylic acids is 1. The number of Topliss-reactive ketones (excluding diaryl/α,β-unsaturated/α-hetero) is 1. The Balaban J connectivity index is 2.84. The van der Waals surface area contributed by atoms with E-state index < -0.39 is 23.0 Å². The van der Waals surface area contributed by atoms with Gasteiger partial charge in [-0.1, -0.05) is 24.3 Å². The zero-order valence-corrected chi connectivity index (χ0v) is 11.1. The molecule has 0 spiro atoms. The van der Waals surface area contributed by atoms with Crippen molar-refractivity contribution in [2.45, 2.75) is 11.2 Å². The van der Waals surface area contributed by atoms with Crippen LogP contribution >= 0.6 is 0 Å². The van der Waals surface area contributed by atoms with Crippen molar-refractivity contribution in [1.82, 2.24) is 16.0 Å². The molecule has 1 aromatic carbocycles. The van der Waals surface area contributed by atoms with Crippen LogP contribution in [0.25, 0.3) is 0 Å². The van der Waals surface area contributed by atoms with Gasteiger partial charge in [0.25, 0.3) is 0 Å². The van der Waals surface area contributed by atoms with E-state index in [1.54, 1.807) is 38.4 Å². The van der Waals surface area contributed by atoms with Crippen molar-refractivity contribution >= 4 is 11.8 Å². The molecule has 0 saturated carbocycles. The van der Waals surface area contributed by atoms with Crippen LogP contribution in [0.15, 0.2) is 24.3 Å². The Bertz CT molecular complexity index is 540. The molecule has 1 unspecified atom stereocenters. The maximum Gasteiger partial charge on any atom is 0.335 e. The molecular formula is C13H17N3O3. The maximum atomic E-state index is 12.6. The molecule has 0 heterocycles. The van der Waals surface area contributed by atoms with Gasteiger partial charge in [-0.25, -0.2) is 4.79 Å². The summed E-state index contributed by atoms with van der Waals surface area (Å²) in [6.07, 6.45) is 0. The molecule has 19 heavy (non-hydrogen) atoms. The van der Waals surface area contributed by atoms with Gasteiger partial charge in [0, 0.05) is 11.1 Å². The number of rotatable bonds is 4. The Labute approximate surface area is 111 Å². The van der Waals surface area contributed by atoms with Crippen LogP contribution in [-0.2, 0) is 10.5 Å². The molecule has 6 nitrogen and oxygen atoms in total. The molecule has 0 bridgehead atoms. The van der Waals surface area contributed by atoms with Gasteiger partial charge in [0.2, 0.25) is 5.54 Å². The van der Waals surface area contributed by atoms with E-state index in [0.717, 1.165) is 0 Å². The third-order valence-corrected chi connectivity index (χ3v) is 3.92. The summed E-state index contributed by atoms with van der Waals surface area (Å²) >= 11 is 0. The van der Waals surface area contributed by atoms with Crippen molar-refractivity contribution in [3.05, 3.63) is 35.4 Å². The van der Waals surface area contributed by atoms with E-state index in [1.165, 1.54) is 7.05 Å². The molecule has 102 valence electrons. The summed E-state index contributed by atoms with van der Waals surface area (Å²) in [4.78, 5) is 24.4. The molecule has 1 aliphatic rings. The van der Waals surface area contributed by atoms with Crippen molar-refractivity contribution in [3.8, 4) is 0 Å². The SMILES string of the molecule is CNC1(C(=O)O)C(=O)c2ccccc2C1(NC)NC. The molecule has 4 N–H and O–H groups in total. The summed E-state index contributed by atoms with van der Waals surface area (Å²) in [5.74, 6) is -1.68. The Morgan fingerprint density at radius 1 is 1.11 bits per heavy atom. The van der Waals surface area contributed by atoms with E-state index in [-0.39, 0.29) is 0 Å². The average Bonchev–Trinajstić information content (AvgIpc) is 2.65. The number of ketones is 1. The second kappa shape index (κ2) is 4.41. The van der Waals surface area contributed by atoms with Gasteiger partial charge in [-0.05, 0) is 21.1 Å². The van der Waals surface area contributed by atoms with Crippen LogP contribution in [-0.4, -0.2) is 43.5 Å². The molecule has 1 aliphatic carbocycles. The van der Waals surface area contributed by atoms with Gasteiger partial charge >= 0.3 is 5.97 Å². The maximum absolute atomic E-state index is 12.6. The van der Waals surface area contributed by atoms with E-state index >= 15 is 0 Å². The lowest BCUT2D eigenvalue weighted by Gasteiger charge is -2.41. The smallest absolute Gasteiger partial charge is 0.335 e. The summed E-state index contributed by atoms with van der Waals surface area (Å²) in [7, 11) is 4.73. The number of likely N-dealkylation sites (N-methyl/N-ethyl adjacent to an activating group) is 3. The van der Waals surface area contributed by atoms with Crippen molar-refractivity contribution in [2.24, 2.45) is 0 Å². The third kappa shape index (κ3) is 1.36. The number of aliphatic carboxylic acids is 1. The zero-order chi connectivity index (χ0) is 14.3. The first kappa shape index (κ1) is 13.7. The summed E-state index contributed by atoms with van der Waals surface area (Å²) in [5, 5.41) is 18.3. The zero-order valence-electron chi connectivity index (χ0n) is 11.1. The summed E-state index contributed by atoms with van der Waals surface area (Å²) in [6.45, 7) is 0. The molecule has 0 amide bonds. The van der Waals surface area contributed by atoms with E-state index in [0.29, 0.717) is 11.1 Å². The number of benzene rings is 1. The average molecular weight is 263 g/mol. The van der Waals surface area contributed by atoms with E-state index in [1.807, 2.05) is 0 Å². The molecular weight excluding hydrogens is 246 g/mol. The largest absolute Gasteiger partial charge is 0.479 e. The van der Waals surface area contributed by atoms with Crippen LogP contribution in [0.5, 0.6) is 0 Å². The first-order chi connectivity index (χ1) is 9.01. The van der Waals surface area contributed by atoms with Crippen molar-refractivity contribution in [3.63, 3.8) is 0 Å². The molecule has 0 aliphatic heterocycles. The number of fused-ring (bicyclic) bond motifs is 1. The van der Waals surface area contributed by atoms with Crippen molar-refractivity contribution < 1.29 is 14.7 Å². The van der Waals surface area contributed by atoms with Crippen molar-refractivity contribution in [2.75, 3.05) is 21.1 Å². The van der Waals surface area contributed by atoms with Crippen molar-refractivity contribution in [1.29, 1.82) is 0 Å². The van der Waals surface area contributed by atoms with Gasteiger partial charge in [0.15, 0.2) is 5.78 Å². The number of hydrogen-bond donors (Lipinski definition) is 4. The predicted octanol–water partition coefficient (Wildman–Crippen LogP) is -0.483. The number of hydrogen-bond acceptors (Lipinski definition) is 5. The second-order valence-corrected chi connectivity index (χ2v) is 4.43. The van der Waals surface area contributed by atoms with Crippen LogP contribution in [0, 0.1) is 0 Å². The van der Waals surface area contributed by atoms with Gasteiger partial charge in [-0.15, -0.1) is 0 Å². The van der Waals surface area contributed by atoms with E-state index in [4.69, 9.17) is 0 Å². The van der Waals surface area contributed by atoms with Gasteiger partial charge in [-0.3, -0.25) is 20.7 Å². The van der Waals surface area contributed by atoms with Gasteiger partial charge in [-0.2, -0.15) is 0 Å². The molecule has 1 aromatic rings. The quantitative estimate of drug-likeness (QED) is 0.433. The van der Waals surface area contributed by atoms with Gasteiger partial charge in [0.05, 0.1) is 0 Å². The molecule has 0 saturated heterocycles. The first-order valence-corrected chi connectivity index (χ1v) is 5.96. The molecule has 0 aromatic heterocycles. The lowest BCUT2D eigenvalue weighted by molar-refractivity contribution is -0.146. The number of carbonyl (C=O) groups excluding carboxylic acids is 1. The molecule has 1 atom stereocenters. The molecule has 6 heteroatoms. The Hall–Kier alpha value is -1.76. The minimum absolute atomic E-state index is 0.406. The summed E-state index contributed by atoms with van der Waals surface area (Å²) < 4.78 is 0. The summed E-state index contributed by atoms with van der Waals surface area (Å²) in [5.41, 5.74) is -1.94. The second-order valence-electron chi connectivity index (χ2n) is 4.43. The van der Waals surface area contributed by atoms with Crippen LogP contribution < -0.4 is 16.0 Å². The summed E-state index contributed by atoms with van der Waals surface area (Å²) in [6, 6.07) is 6.90. The molecule has 0 fully saturated rings. The first-order valence-electron chi connectivity index (χ1n) is 5.96. The third-order valence-electron chi connectivity index (χ3n) is 3.92. The monoisotopic (exact) mass is 263 g/mol. The fourth-order valence-corrected chi connectivity index (χ4v) is 3.02. The number of carboxylic acid groups (broad SMARTS) is 1.